The lowest BCUT2D eigenvalue weighted by Gasteiger charge is -2.28. The highest BCUT2D eigenvalue weighted by Crippen LogP contribution is 2.23. The van der Waals surface area contributed by atoms with Crippen LogP contribution >= 0.6 is 11.6 Å². The fraction of sp³-hybridized carbons (Fsp3) is 0.455. The lowest BCUT2D eigenvalue weighted by Crippen LogP contribution is -2.46. The average molecular weight is 326 g/mol. The average Bonchev–Trinajstić information content (AvgIpc) is 2.26. The summed E-state index contributed by atoms with van der Waals surface area (Å²) in [5.41, 5.74) is -0.381. The number of benzene rings is 1. The predicted octanol–water partition coefficient (Wildman–Crippen LogP) is 1.06. The van der Waals surface area contributed by atoms with Gasteiger partial charge < -0.3 is 0 Å². The summed E-state index contributed by atoms with van der Waals surface area (Å²) in [6.45, 7) is 1.61. The molecule has 0 spiro atoms. The maximum Gasteiger partial charge on any atom is 0.226 e. The minimum atomic E-state index is -3.98. The smallest absolute Gasteiger partial charge is 0.226 e. The van der Waals surface area contributed by atoms with E-state index >= 15 is 0 Å². The quantitative estimate of drug-likeness (QED) is 0.793. The van der Waals surface area contributed by atoms with Crippen LogP contribution in [-0.2, 0) is 25.4 Å². The van der Waals surface area contributed by atoms with Crippen molar-refractivity contribution in [3.63, 3.8) is 0 Å². The fourth-order valence-electron chi connectivity index (χ4n) is 1.62. The van der Waals surface area contributed by atoms with E-state index in [0.29, 0.717) is 5.56 Å². The van der Waals surface area contributed by atoms with E-state index in [2.05, 4.69) is 4.72 Å². The molecule has 8 heteroatoms. The minimum Gasteiger partial charge on any atom is -0.228 e. The summed E-state index contributed by atoms with van der Waals surface area (Å²) >= 11 is 5.84. The minimum absolute atomic E-state index is 0.0139. The number of halogens is 1. The van der Waals surface area contributed by atoms with Crippen LogP contribution in [0.2, 0.25) is 0 Å². The first kappa shape index (κ1) is 16.4. The molecule has 1 unspecified atom stereocenters. The van der Waals surface area contributed by atoms with Crippen LogP contribution in [0.25, 0.3) is 0 Å². The van der Waals surface area contributed by atoms with Crippen molar-refractivity contribution in [3.05, 3.63) is 35.9 Å². The van der Waals surface area contributed by atoms with E-state index in [-0.39, 0.29) is 5.88 Å². The molecule has 0 radical (unpaired) electrons. The highest BCUT2D eigenvalue weighted by Gasteiger charge is 2.32. The Bertz CT molecular complexity index is 628. The number of hydrogen-bond acceptors (Lipinski definition) is 4. The van der Waals surface area contributed by atoms with Gasteiger partial charge in [0.05, 0.1) is 5.54 Å². The van der Waals surface area contributed by atoms with Crippen molar-refractivity contribution in [1.29, 1.82) is 0 Å². The molecule has 5 nitrogen and oxygen atoms in total. The second-order valence-corrected chi connectivity index (χ2v) is 9.09. The normalized spacial score (nSPS) is 15.9. The first-order chi connectivity index (χ1) is 8.58. The second-order valence-electron chi connectivity index (χ2n) is 4.59. The Balaban J connectivity index is 3.07. The van der Waals surface area contributed by atoms with E-state index < -0.39 is 30.5 Å². The van der Waals surface area contributed by atoms with Gasteiger partial charge in [0.1, 0.15) is 0 Å². The van der Waals surface area contributed by atoms with Gasteiger partial charge in [-0.2, -0.15) is 0 Å². The van der Waals surface area contributed by atoms with Gasteiger partial charge in [0.2, 0.25) is 10.0 Å². The van der Waals surface area contributed by atoms with Crippen LogP contribution in [0.3, 0.4) is 0 Å². The van der Waals surface area contributed by atoms with Gasteiger partial charge in [-0.15, -0.1) is 11.6 Å². The lowest BCUT2D eigenvalue weighted by molar-refractivity contribution is 0.479. The lowest BCUT2D eigenvalue weighted by atomic mass is 9.96. The largest absolute Gasteiger partial charge is 0.228 e. The fourth-order valence-corrected chi connectivity index (χ4v) is 5.29. The van der Waals surface area contributed by atoms with Crippen molar-refractivity contribution in [2.24, 2.45) is 0 Å². The van der Waals surface area contributed by atoms with Crippen LogP contribution in [0.15, 0.2) is 30.3 Å². The maximum absolute atomic E-state index is 11.8. The van der Waals surface area contributed by atoms with Gasteiger partial charge in [-0.1, -0.05) is 30.3 Å². The highest BCUT2D eigenvalue weighted by atomic mass is 35.5. The molecule has 0 heterocycles. The number of hydrogen-bond donors (Lipinski definition) is 1. The zero-order valence-corrected chi connectivity index (χ0v) is 13.0. The van der Waals surface area contributed by atoms with Crippen LogP contribution in [0.1, 0.15) is 12.5 Å². The molecule has 1 rings (SSSR count). The Morgan fingerprint density at radius 1 is 1.16 bits per heavy atom. The molecule has 108 valence electrons. The standard InChI is InChI=1S/C11H16ClNO4S2/c1-11(8-12,10-6-4-3-5-7-10)13-19(16,17)9-18(2,14)15/h3-7,13H,8-9H2,1-2H3. The number of sulfone groups is 1. The third-order valence-corrected chi connectivity index (χ3v) is 6.68. The number of nitrogens with one attached hydrogen (secondary N) is 1. The summed E-state index contributed by atoms with van der Waals surface area (Å²) in [6, 6.07) is 8.76. The molecule has 0 saturated carbocycles. The van der Waals surface area contributed by atoms with Gasteiger partial charge in [-0.3, -0.25) is 0 Å². The van der Waals surface area contributed by atoms with Gasteiger partial charge in [0.15, 0.2) is 14.9 Å². The SMILES string of the molecule is CC(CCl)(NS(=O)(=O)CS(C)(=O)=O)c1ccccc1. The molecule has 0 amide bonds. The van der Waals surface area contributed by atoms with Crippen molar-refractivity contribution in [2.45, 2.75) is 12.5 Å². The van der Waals surface area contributed by atoms with Crippen molar-refractivity contribution in [3.8, 4) is 0 Å². The molecule has 1 aromatic rings. The summed E-state index contributed by atoms with van der Waals surface area (Å²) in [5, 5.41) is -0.959. The maximum atomic E-state index is 11.8. The van der Waals surface area contributed by atoms with E-state index in [0.717, 1.165) is 6.26 Å². The van der Waals surface area contributed by atoms with E-state index in [1.165, 1.54) is 0 Å². The molecule has 0 saturated heterocycles. The number of rotatable bonds is 6. The number of alkyl halides is 1. The third-order valence-electron chi connectivity index (χ3n) is 2.43. The van der Waals surface area contributed by atoms with Crippen molar-refractivity contribution < 1.29 is 16.8 Å². The van der Waals surface area contributed by atoms with Crippen LogP contribution in [-0.4, -0.2) is 34.1 Å². The summed E-state index contributed by atoms with van der Waals surface area (Å²) < 4.78 is 48.3. The molecular weight excluding hydrogens is 310 g/mol. The molecule has 0 aliphatic carbocycles. The highest BCUT2D eigenvalue weighted by molar-refractivity contribution is 8.06. The zero-order chi connectivity index (χ0) is 14.7. The van der Waals surface area contributed by atoms with Crippen LogP contribution in [0, 0.1) is 0 Å². The molecule has 0 fully saturated rings. The van der Waals surface area contributed by atoms with Gasteiger partial charge in [-0.25, -0.2) is 21.6 Å². The second kappa shape index (κ2) is 5.78. The first-order valence-corrected chi connectivity index (χ1v) is 9.64. The first-order valence-electron chi connectivity index (χ1n) is 5.39. The predicted molar refractivity (Wildman–Crippen MR) is 76.3 cm³/mol. The summed E-state index contributed by atoms with van der Waals surface area (Å²) in [5.74, 6) is -0.0139. The molecule has 19 heavy (non-hydrogen) atoms. The Morgan fingerprint density at radius 2 is 1.68 bits per heavy atom. The van der Waals surface area contributed by atoms with Gasteiger partial charge in [0, 0.05) is 12.1 Å². The zero-order valence-electron chi connectivity index (χ0n) is 10.6. The van der Waals surface area contributed by atoms with Crippen molar-refractivity contribution >= 4 is 31.5 Å². The van der Waals surface area contributed by atoms with Crippen LogP contribution in [0.5, 0.6) is 0 Å². The van der Waals surface area contributed by atoms with E-state index in [1.807, 2.05) is 0 Å². The van der Waals surface area contributed by atoms with Gasteiger partial charge >= 0.3 is 0 Å². The molecule has 0 bridgehead atoms. The van der Waals surface area contributed by atoms with E-state index in [4.69, 9.17) is 11.6 Å². The van der Waals surface area contributed by atoms with Crippen molar-refractivity contribution in [2.75, 3.05) is 17.2 Å². The molecule has 0 aliphatic heterocycles. The Labute approximate surface area is 118 Å². The molecule has 0 aliphatic rings. The molecule has 1 atom stereocenters. The van der Waals surface area contributed by atoms with Gasteiger partial charge in [-0.05, 0) is 12.5 Å². The van der Waals surface area contributed by atoms with Gasteiger partial charge in [0.25, 0.3) is 0 Å². The van der Waals surface area contributed by atoms with E-state index in [9.17, 15) is 16.8 Å². The number of sulfonamides is 1. The summed E-state index contributed by atoms with van der Waals surface area (Å²) in [7, 11) is -7.62. The molecule has 1 aromatic carbocycles. The Morgan fingerprint density at radius 3 is 2.11 bits per heavy atom. The van der Waals surface area contributed by atoms with Crippen LogP contribution in [0.4, 0.5) is 0 Å². The van der Waals surface area contributed by atoms with E-state index in [1.54, 1.807) is 37.3 Å². The molecule has 0 aromatic heterocycles. The Hall–Kier alpha value is -0.630. The summed E-state index contributed by atoms with van der Waals surface area (Å²) in [6.07, 6.45) is 0.868. The molecule has 1 N–H and O–H groups in total. The van der Waals surface area contributed by atoms with Crippen molar-refractivity contribution in [1.82, 2.24) is 4.72 Å². The monoisotopic (exact) mass is 325 g/mol. The summed E-state index contributed by atoms with van der Waals surface area (Å²) in [4.78, 5) is 0. The molecular formula is C11H16ClNO4S2. The topological polar surface area (TPSA) is 80.3 Å². The third kappa shape index (κ3) is 5.10. The Kier molecular flexibility index (Phi) is 5.00. The van der Waals surface area contributed by atoms with Crippen LogP contribution < -0.4 is 4.72 Å².